The molecule has 0 bridgehead atoms. The number of halogens is 1. The minimum Gasteiger partial charge on any atom is -0.489 e. The van der Waals surface area contributed by atoms with E-state index in [0.717, 1.165) is 16.1 Å². The van der Waals surface area contributed by atoms with Gasteiger partial charge in [0.05, 0.1) is 11.9 Å². The Balaban J connectivity index is 1.83. The van der Waals surface area contributed by atoms with Crippen molar-refractivity contribution in [1.82, 2.24) is 10.2 Å². The lowest BCUT2D eigenvalue weighted by atomic mass is 10.1. The molecule has 0 fully saturated rings. The number of ether oxygens (including phenoxy) is 1. The fourth-order valence-corrected chi connectivity index (χ4v) is 4.91. The molecule has 3 aromatic rings. The topological polar surface area (TPSA) is 96.0 Å². The van der Waals surface area contributed by atoms with Gasteiger partial charge in [0.2, 0.25) is 21.8 Å². The number of rotatable bonds is 12. The van der Waals surface area contributed by atoms with Crippen LogP contribution >= 0.6 is 11.6 Å². The van der Waals surface area contributed by atoms with E-state index in [-0.39, 0.29) is 18.5 Å². The lowest BCUT2D eigenvalue weighted by molar-refractivity contribution is -0.139. The molecule has 0 saturated carbocycles. The SMILES string of the molecule is CC(C)NC(=O)C(C)N(Cc1ccccc1Cl)C(=O)CN(c1ccc(OCc2ccccc2)cc1)S(C)(=O)=O. The number of hydrogen-bond acceptors (Lipinski definition) is 5. The maximum Gasteiger partial charge on any atom is 0.244 e. The second-order valence-corrected chi connectivity index (χ2v) is 11.8. The Hall–Kier alpha value is -3.56. The van der Waals surface area contributed by atoms with E-state index in [9.17, 15) is 18.0 Å². The van der Waals surface area contributed by atoms with Crippen molar-refractivity contribution in [3.8, 4) is 5.75 Å². The fraction of sp³-hybridized carbons (Fsp3) is 0.310. The van der Waals surface area contributed by atoms with Crippen LogP contribution in [0.4, 0.5) is 5.69 Å². The van der Waals surface area contributed by atoms with Crippen LogP contribution in [0.5, 0.6) is 5.75 Å². The molecule has 1 unspecified atom stereocenters. The molecule has 39 heavy (non-hydrogen) atoms. The first-order valence-electron chi connectivity index (χ1n) is 12.5. The van der Waals surface area contributed by atoms with Crippen LogP contribution < -0.4 is 14.4 Å². The summed E-state index contributed by atoms with van der Waals surface area (Å²) in [6.45, 7) is 5.16. The molecule has 8 nitrogen and oxygen atoms in total. The Morgan fingerprint density at radius 1 is 0.923 bits per heavy atom. The summed E-state index contributed by atoms with van der Waals surface area (Å²) in [5.74, 6) is -0.339. The number of sulfonamides is 1. The summed E-state index contributed by atoms with van der Waals surface area (Å²) in [6, 6.07) is 22.2. The third-order valence-corrected chi connectivity index (χ3v) is 7.46. The van der Waals surface area contributed by atoms with Crippen LogP contribution in [0.15, 0.2) is 78.9 Å². The van der Waals surface area contributed by atoms with Gasteiger partial charge >= 0.3 is 0 Å². The van der Waals surface area contributed by atoms with Gasteiger partial charge in [-0.2, -0.15) is 0 Å². The van der Waals surface area contributed by atoms with Crippen molar-refractivity contribution in [2.45, 2.75) is 46.0 Å². The first kappa shape index (κ1) is 30.0. The highest BCUT2D eigenvalue weighted by Gasteiger charge is 2.30. The summed E-state index contributed by atoms with van der Waals surface area (Å²) in [4.78, 5) is 27.8. The van der Waals surface area contributed by atoms with Gasteiger partial charge in [0, 0.05) is 17.6 Å². The standard InChI is InChI=1S/C29H34ClN3O5S/c1-21(2)31-29(35)22(3)32(18-24-12-8-9-13-27(24)30)28(34)19-33(39(4,36)37)25-14-16-26(17-15-25)38-20-23-10-6-5-7-11-23/h5-17,21-22H,18-20H2,1-4H3,(H,31,35). The van der Waals surface area contributed by atoms with E-state index < -0.39 is 28.5 Å². The summed E-state index contributed by atoms with van der Waals surface area (Å²) >= 11 is 6.34. The molecule has 1 N–H and O–H groups in total. The van der Waals surface area contributed by atoms with E-state index in [1.54, 1.807) is 55.5 Å². The number of nitrogens with zero attached hydrogens (tertiary/aromatic N) is 2. The number of anilines is 1. The van der Waals surface area contributed by atoms with Crippen LogP contribution in [0.3, 0.4) is 0 Å². The van der Waals surface area contributed by atoms with Gasteiger partial charge in [0.15, 0.2) is 0 Å². The number of amides is 2. The molecule has 1 atom stereocenters. The highest BCUT2D eigenvalue weighted by Crippen LogP contribution is 2.24. The molecule has 0 aliphatic heterocycles. The molecule has 0 spiro atoms. The number of carbonyl (C=O) groups excluding carboxylic acids is 2. The van der Waals surface area contributed by atoms with Crippen molar-refractivity contribution in [1.29, 1.82) is 0 Å². The quantitative estimate of drug-likeness (QED) is 0.342. The molecule has 0 aliphatic rings. The molecule has 10 heteroatoms. The van der Waals surface area contributed by atoms with Crippen molar-refractivity contribution in [2.75, 3.05) is 17.1 Å². The fourth-order valence-electron chi connectivity index (χ4n) is 3.86. The monoisotopic (exact) mass is 571 g/mol. The van der Waals surface area contributed by atoms with Crippen LogP contribution in [-0.4, -0.2) is 50.0 Å². The molecule has 2 amide bonds. The minimum absolute atomic E-state index is 0.0368. The second kappa shape index (κ2) is 13.5. The molecule has 3 aromatic carbocycles. The summed E-state index contributed by atoms with van der Waals surface area (Å²) in [6.07, 6.45) is 1.04. The van der Waals surface area contributed by atoms with E-state index in [4.69, 9.17) is 16.3 Å². The Bertz CT molecular complexity index is 1370. The predicted molar refractivity (Wildman–Crippen MR) is 154 cm³/mol. The third-order valence-electron chi connectivity index (χ3n) is 5.95. The zero-order valence-corrected chi connectivity index (χ0v) is 24.1. The molecule has 0 radical (unpaired) electrons. The van der Waals surface area contributed by atoms with Crippen molar-refractivity contribution in [3.63, 3.8) is 0 Å². The molecule has 0 aromatic heterocycles. The number of benzene rings is 3. The van der Waals surface area contributed by atoms with Gasteiger partial charge in [0.1, 0.15) is 24.9 Å². The molecule has 0 heterocycles. The second-order valence-electron chi connectivity index (χ2n) is 9.49. The molecular weight excluding hydrogens is 538 g/mol. The van der Waals surface area contributed by atoms with Crippen molar-refractivity contribution in [3.05, 3.63) is 95.0 Å². The Labute approximate surface area is 235 Å². The summed E-state index contributed by atoms with van der Waals surface area (Å²) in [5.41, 5.74) is 1.94. The Kier molecular flexibility index (Phi) is 10.4. The summed E-state index contributed by atoms with van der Waals surface area (Å²) in [5, 5.41) is 3.25. The van der Waals surface area contributed by atoms with Crippen molar-refractivity contribution in [2.24, 2.45) is 0 Å². The van der Waals surface area contributed by atoms with E-state index in [1.807, 2.05) is 44.2 Å². The molecule has 0 saturated heterocycles. The maximum atomic E-state index is 13.6. The first-order valence-corrected chi connectivity index (χ1v) is 14.8. The van der Waals surface area contributed by atoms with E-state index in [1.165, 1.54) is 4.90 Å². The van der Waals surface area contributed by atoms with Crippen LogP contribution in [-0.2, 0) is 32.8 Å². The molecule has 3 rings (SSSR count). The number of carbonyl (C=O) groups is 2. The van der Waals surface area contributed by atoms with Crippen LogP contribution in [0.25, 0.3) is 0 Å². The highest BCUT2D eigenvalue weighted by molar-refractivity contribution is 7.92. The average molecular weight is 572 g/mol. The van der Waals surface area contributed by atoms with E-state index in [2.05, 4.69) is 5.32 Å². The predicted octanol–water partition coefficient (Wildman–Crippen LogP) is 4.63. The largest absolute Gasteiger partial charge is 0.489 e. The van der Waals surface area contributed by atoms with E-state index in [0.29, 0.717) is 28.6 Å². The zero-order chi connectivity index (χ0) is 28.6. The Morgan fingerprint density at radius 2 is 1.54 bits per heavy atom. The highest BCUT2D eigenvalue weighted by atomic mass is 35.5. The molecular formula is C29H34ClN3O5S. The third kappa shape index (κ3) is 8.73. The van der Waals surface area contributed by atoms with Crippen LogP contribution in [0, 0.1) is 0 Å². The lowest BCUT2D eigenvalue weighted by Crippen LogP contribution is -2.52. The van der Waals surface area contributed by atoms with Crippen LogP contribution in [0.2, 0.25) is 5.02 Å². The van der Waals surface area contributed by atoms with Gasteiger partial charge in [-0.15, -0.1) is 0 Å². The van der Waals surface area contributed by atoms with Crippen molar-refractivity contribution >= 4 is 39.1 Å². The Morgan fingerprint density at radius 3 is 2.13 bits per heavy atom. The van der Waals surface area contributed by atoms with Gasteiger partial charge in [-0.25, -0.2) is 8.42 Å². The molecule has 208 valence electrons. The first-order chi connectivity index (χ1) is 18.5. The van der Waals surface area contributed by atoms with Crippen molar-refractivity contribution < 1.29 is 22.7 Å². The van der Waals surface area contributed by atoms with Gasteiger partial charge in [-0.05, 0) is 62.2 Å². The summed E-state index contributed by atoms with van der Waals surface area (Å²) < 4.78 is 32.4. The van der Waals surface area contributed by atoms with Gasteiger partial charge in [-0.1, -0.05) is 60.1 Å². The summed E-state index contributed by atoms with van der Waals surface area (Å²) in [7, 11) is -3.84. The normalized spacial score (nSPS) is 12.1. The lowest BCUT2D eigenvalue weighted by Gasteiger charge is -2.32. The number of hydrogen-bond donors (Lipinski definition) is 1. The van der Waals surface area contributed by atoms with Crippen LogP contribution in [0.1, 0.15) is 31.9 Å². The zero-order valence-electron chi connectivity index (χ0n) is 22.5. The molecule has 0 aliphatic carbocycles. The minimum atomic E-state index is -3.84. The van der Waals surface area contributed by atoms with Gasteiger partial charge in [-0.3, -0.25) is 13.9 Å². The number of nitrogens with one attached hydrogen (secondary N) is 1. The maximum absolute atomic E-state index is 13.6. The van der Waals surface area contributed by atoms with Gasteiger partial charge < -0.3 is 15.0 Å². The average Bonchev–Trinajstić information content (AvgIpc) is 2.89. The van der Waals surface area contributed by atoms with Gasteiger partial charge in [0.25, 0.3) is 0 Å². The smallest absolute Gasteiger partial charge is 0.244 e. The van der Waals surface area contributed by atoms with E-state index >= 15 is 0 Å².